The number of aromatic nitrogens is 3. The molecule has 1 N–H and O–H groups in total. The van der Waals surface area contributed by atoms with E-state index in [0.717, 1.165) is 23.4 Å². The van der Waals surface area contributed by atoms with Crippen molar-refractivity contribution in [3.63, 3.8) is 0 Å². The molecule has 0 aliphatic heterocycles. The van der Waals surface area contributed by atoms with E-state index in [1.54, 1.807) is 35.1 Å². The van der Waals surface area contributed by atoms with Gasteiger partial charge in [-0.1, -0.05) is 13.0 Å². The van der Waals surface area contributed by atoms with Crippen LogP contribution in [0.5, 0.6) is 5.75 Å². The number of methoxy groups -OCH3 is 1. The Bertz CT molecular complexity index is 1100. The standard InChI is InChI=1S/C20H18N4O2S/c1-3-15-10-18(20(25)21-14-5-4-6-16(9-14)26-2)22-19-11-17(23-24(15)19)13-7-8-27-12-13/h4-12H,3H2,1-2H3,(H,21,25). The van der Waals surface area contributed by atoms with Gasteiger partial charge in [-0.25, -0.2) is 9.50 Å². The van der Waals surface area contributed by atoms with E-state index in [2.05, 4.69) is 15.4 Å². The molecule has 1 amide bonds. The third-order valence-electron chi connectivity index (χ3n) is 4.24. The van der Waals surface area contributed by atoms with Crippen LogP contribution in [-0.4, -0.2) is 27.6 Å². The molecule has 0 aliphatic carbocycles. The highest BCUT2D eigenvalue weighted by Crippen LogP contribution is 2.23. The molecule has 0 bridgehead atoms. The Morgan fingerprint density at radius 2 is 2.15 bits per heavy atom. The zero-order valence-corrected chi connectivity index (χ0v) is 15.8. The molecule has 0 saturated carbocycles. The summed E-state index contributed by atoms with van der Waals surface area (Å²) in [6.07, 6.45) is 0.739. The number of carbonyl (C=O) groups is 1. The number of amides is 1. The third-order valence-corrected chi connectivity index (χ3v) is 4.92. The smallest absolute Gasteiger partial charge is 0.274 e. The van der Waals surface area contributed by atoms with Crippen molar-refractivity contribution in [3.05, 3.63) is 64.6 Å². The molecule has 0 spiro atoms. The first kappa shape index (κ1) is 17.2. The minimum Gasteiger partial charge on any atom is -0.497 e. The van der Waals surface area contributed by atoms with Crippen LogP contribution < -0.4 is 10.1 Å². The van der Waals surface area contributed by atoms with Crippen LogP contribution in [0.15, 0.2) is 53.2 Å². The molecule has 0 saturated heterocycles. The van der Waals surface area contributed by atoms with E-state index in [-0.39, 0.29) is 5.91 Å². The molecular formula is C20H18N4O2S. The summed E-state index contributed by atoms with van der Waals surface area (Å²) in [6.45, 7) is 2.03. The maximum Gasteiger partial charge on any atom is 0.274 e. The Balaban J connectivity index is 1.69. The Hall–Kier alpha value is -3.19. The number of aryl methyl sites for hydroxylation is 1. The average molecular weight is 378 g/mol. The Labute approximate surface area is 160 Å². The molecule has 6 nitrogen and oxygen atoms in total. The van der Waals surface area contributed by atoms with Crippen LogP contribution in [-0.2, 0) is 6.42 Å². The number of thiophene rings is 1. The summed E-state index contributed by atoms with van der Waals surface area (Å²) in [5.74, 6) is 0.417. The number of hydrogen-bond acceptors (Lipinski definition) is 5. The Morgan fingerprint density at radius 3 is 2.89 bits per heavy atom. The van der Waals surface area contributed by atoms with E-state index in [1.165, 1.54) is 0 Å². The summed E-state index contributed by atoms with van der Waals surface area (Å²) < 4.78 is 7.00. The molecule has 3 aromatic heterocycles. The second-order valence-electron chi connectivity index (χ2n) is 5.98. The quantitative estimate of drug-likeness (QED) is 0.563. The van der Waals surface area contributed by atoms with Crippen molar-refractivity contribution >= 4 is 28.6 Å². The molecule has 0 aliphatic rings. The molecule has 7 heteroatoms. The number of ether oxygens (including phenoxy) is 1. The summed E-state index contributed by atoms with van der Waals surface area (Å²) in [4.78, 5) is 17.2. The van der Waals surface area contributed by atoms with Gasteiger partial charge in [-0.05, 0) is 36.1 Å². The average Bonchev–Trinajstić information content (AvgIpc) is 3.36. The van der Waals surface area contributed by atoms with E-state index in [1.807, 2.05) is 48.0 Å². The van der Waals surface area contributed by atoms with Crippen LogP contribution in [0.3, 0.4) is 0 Å². The van der Waals surface area contributed by atoms with Gasteiger partial charge in [0, 0.05) is 34.5 Å². The van der Waals surface area contributed by atoms with Crippen LogP contribution in [0.4, 0.5) is 5.69 Å². The van der Waals surface area contributed by atoms with E-state index in [9.17, 15) is 4.79 Å². The second kappa shape index (κ2) is 7.20. The normalized spacial score (nSPS) is 10.9. The highest BCUT2D eigenvalue weighted by atomic mass is 32.1. The van der Waals surface area contributed by atoms with E-state index in [4.69, 9.17) is 4.74 Å². The fourth-order valence-electron chi connectivity index (χ4n) is 2.85. The maximum atomic E-state index is 12.7. The number of nitrogens with zero attached hydrogens (tertiary/aromatic N) is 3. The lowest BCUT2D eigenvalue weighted by Gasteiger charge is -2.08. The predicted octanol–water partition coefficient (Wildman–Crippen LogP) is 4.28. The summed E-state index contributed by atoms with van der Waals surface area (Å²) in [7, 11) is 1.59. The van der Waals surface area contributed by atoms with Crippen LogP contribution in [0, 0.1) is 0 Å². The zero-order chi connectivity index (χ0) is 18.8. The second-order valence-corrected chi connectivity index (χ2v) is 6.76. The number of anilines is 1. The lowest BCUT2D eigenvalue weighted by molar-refractivity contribution is 0.102. The topological polar surface area (TPSA) is 68.5 Å². The molecule has 1 aromatic carbocycles. The first-order chi connectivity index (χ1) is 13.2. The largest absolute Gasteiger partial charge is 0.497 e. The molecule has 27 heavy (non-hydrogen) atoms. The lowest BCUT2D eigenvalue weighted by Crippen LogP contribution is -2.15. The number of hydrogen-bond donors (Lipinski definition) is 1. The molecule has 4 rings (SSSR count). The lowest BCUT2D eigenvalue weighted by atomic mass is 10.2. The predicted molar refractivity (Wildman–Crippen MR) is 107 cm³/mol. The minimum atomic E-state index is -0.265. The fourth-order valence-corrected chi connectivity index (χ4v) is 3.50. The Kier molecular flexibility index (Phi) is 4.60. The molecule has 0 fully saturated rings. The number of carbonyl (C=O) groups excluding carboxylic acids is 1. The molecular weight excluding hydrogens is 360 g/mol. The van der Waals surface area contributed by atoms with Crippen LogP contribution in [0.25, 0.3) is 16.9 Å². The molecule has 0 unspecified atom stereocenters. The SMILES string of the molecule is CCc1cc(C(=O)Nc2cccc(OC)c2)nc2cc(-c3ccsc3)nn12. The van der Waals surface area contributed by atoms with Crippen molar-refractivity contribution in [2.24, 2.45) is 0 Å². The molecule has 4 aromatic rings. The van der Waals surface area contributed by atoms with Gasteiger partial charge in [0.1, 0.15) is 11.4 Å². The van der Waals surface area contributed by atoms with Crippen molar-refractivity contribution in [3.8, 4) is 17.0 Å². The van der Waals surface area contributed by atoms with Crippen LogP contribution in [0.2, 0.25) is 0 Å². The first-order valence-corrected chi connectivity index (χ1v) is 9.50. The van der Waals surface area contributed by atoms with Gasteiger partial charge >= 0.3 is 0 Å². The van der Waals surface area contributed by atoms with Gasteiger partial charge in [0.2, 0.25) is 0 Å². The third kappa shape index (κ3) is 3.41. The summed E-state index contributed by atoms with van der Waals surface area (Å²) in [5, 5.41) is 11.6. The van der Waals surface area contributed by atoms with Gasteiger partial charge in [-0.2, -0.15) is 16.4 Å². The monoisotopic (exact) mass is 378 g/mol. The van der Waals surface area contributed by atoms with Crippen molar-refractivity contribution in [1.82, 2.24) is 14.6 Å². The minimum absolute atomic E-state index is 0.265. The van der Waals surface area contributed by atoms with Gasteiger partial charge in [-0.3, -0.25) is 4.79 Å². The molecule has 0 atom stereocenters. The first-order valence-electron chi connectivity index (χ1n) is 8.55. The van der Waals surface area contributed by atoms with Gasteiger partial charge in [0.25, 0.3) is 5.91 Å². The van der Waals surface area contributed by atoms with Crippen molar-refractivity contribution in [2.45, 2.75) is 13.3 Å². The van der Waals surface area contributed by atoms with E-state index >= 15 is 0 Å². The molecule has 3 heterocycles. The zero-order valence-electron chi connectivity index (χ0n) is 15.0. The number of benzene rings is 1. The van der Waals surface area contributed by atoms with Crippen molar-refractivity contribution < 1.29 is 9.53 Å². The number of rotatable bonds is 5. The van der Waals surface area contributed by atoms with Gasteiger partial charge in [0.15, 0.2) is 5.65 Å². The van der Waals surface area contributed by atoms with Crippen LogP contribution >= 0.6 is 11.3 Å². The fraction of sp³-hybridized carbons (Fsp3) is 0.150. The van der Waals surface area contributed by atoms with Gasteiger partial charge in [0.05, 0.1) is 12.8 Å². The number of nitrogens with one attached hydrogen (secondary N) is 1. The van der Waals surface area contributed by atoms with E-state index < -0.39 is 0 Å². The van der Waals surface area contributed by atoms with Crippen LogP contribution in [0.1, 0.15) is 23.1 Å². The Morgan fingerprint density at radius 1 is 1.26 bits per heavy atom. The summed E-state index contributed by atoms with van der Waals surface area (Å²) in [5.41, 5.74) is 4.51. The summed E-state index contributed by atoms with van der Waals surface area (Å²) >= 11 is 1.62. The highest BCUT2D eigenvalue weighted by molar-refractivity contribution is 7.08. The van der Waals surface area contributed by atoms with Crippen molar-refractivity contribution in [1.29, 1.82) is 0 Å². The molecule has 0 radical (unpaired) electrons. The van der Waals surface area contributed by atoms with Gasteiger partial charge in [-0.15, -0.1) is 0 Å². The maximum absolute atomic E-state index is 12.7. The van der Waals surface area contributed by atoms with Crippen molar-refractivity contribution in [2.75, 3.05) is 12.4 Å². The summed E-state index contributed by atoms with van der Waals surface area (Å²) in [6, 6.07) is 12.9. The molecule has 136 valence electrons. The highest BCUT2D eigenvalue weighted by Gasteiger charge is 2.15. The van der Waals surface area contributed by atoms with Gasteiger partial charge < -0.3 is 10.1 Å². The number of fused-ring (bicyclic) bond motifs is 1. The van der Waals surface area contributed by atoms with E-state index in [0.29, 0.717) is 22.8 Å².